The summed E-state index contributed by atoms with van der Waals surface area (Å²) in [6.07, 6.45) is 0. The Kier molecular flexibility index (Phi) is 7.01. The zero-order valence-electron chi connectivity index (χ0n) is 17.7. The molecule has 182 valence electrons. The molecule has 1 heterocycles. The Morgan fingerprint density at radius 2 is 1.33 bits per heavy atom. The smallest absolute Gasteiger partial charge is 0.282 e. The fraction of sp³-hybridized carbons (Fsp3) is 0.0435. The lowest BCUT2D eigenvalue weighted by Crippen LogP contribution is -2.51. The van der Waals surface area contributed by atoms with Crippen molar-refractivity contribution in [2.75, 3.05) is 6.54 Å². The van der Waals surface area contributed by atoms with Crippen LogP contribution in [0.3, 0.4) is 0 Å². The number of nitrogens with zero attached hydrogens (tertiary/aromatic N) is 3. The van der Waals surface area contributed by atoms with E-state index in [1.54, 1.807) is 18.2 Å². The molecule has 4 rings (SSSR count). The zero-order valence-corrected chi connectivity index (χ0v) is 20.7. The van der Waals surface area contributed by atoms with Gasteiger partial charge in [-0.05, 0) is 6.07 Å². The zero-order chi connectivity index (χ0) is 26.3. The summed E-state index contributed by atoms with van der Waals surface area (Å²) in [6.45, 7) is -0.770. The van der Waals surface area contributed by atoms with Gasteiger partial charge in [-0.15, -0.1) is 0 Å². The van der Waals surface area contributed by atoms with Crippen LogP contribution in [0.2, 0.25) is 20.1 Å². The number of fused-ring (bicyclic) bond motifs is 1. The molecule has 0 atom stereocenters. The number of imide groups is 1. The average molecular weight is 567 g/mol. The predicted molar refractivity (Wildman–Crippen MR) is 132 cm³/mol. The number of hydrogen-bond donors (Lipinski definition) is 0. The second-order valence-corrected chi connectivity index (χ2v) is 8.90. The maximum Gasteiger partial charge on any atom is 0.282 e. The third-order valence-corrected chi connectivity index (χ3v) is 7.05. The summed E-state index contributed by atoms with van der Waals surface area (Å²) in [7, 11) is 0. The van der Waals surface area contributed by atoms with Gasteiger partial charge in [-0.2, -0.15) is 5.01 Å². The van der Waals surface area contributed by atoms with Crippen molar-refractivity contribution >= 4 is 75.6 Å². The van der Waals surface area contributed by atoms with E-state index in [4.69, 9.17) is 46.4 Å². The third-order valence-electron chi connectivity index (χ3n) is 5.25. The number of amides is 3. The van der Waals surface area contributed by atoms with Gasteiger partial charge in [-0.25, -0.2) is 5.01 Å². The van der Waals surface area contributed by atoms with Crippen LogP contribution < -0.4 is 0 Å². The highest BCUT2D eigenvalue weighted by molar-refractivity contribution is 6.55. The first-order valence-electron chi connectivity index (χ1n) is 9.93. The van der Waals surface area contributed by atoms with Crippen LogP contribution in [0.25, 0.3) is 0 Å². The highest BCUT2D eigenvalue weighted by Crippen LogP contribution is 2.45. The molecule has 0 fully saturated rings. The second-order valence-electron chi connectivity index (χ2n) is 7.39. The number of hydrogen-bond acceptors (Lipinski definition) is 6. The largest absolute Gasteiger partial charge is 0.292 e. The maximum absolute atomic E-state index is 13.5. The molecule has 0 saturated carbocycles. The summed E-state index contributed by atoms with van der Waals surface area (Å²) in [6, 6.07) is 12.4. The Balaban J connectivity index is 1.84. The molecule has 13 heteroatoms. The molecule has 0 saturated heterocycles. The van der Waals surface area contributed by atoms with E-state index < -0.39 is 51.8 Å². The summed E-state index contributed by atoms with van der Waals surface area (Å²) >= 11 is 24.5. The highest BCUT2D eigenvalue weighted by Gasteiger charge is 2.46. The number of carbonyl (C=O) groups is 4. The number of ketones is 1. The molecule has 3 aromatic rings. The first-order chi connectivity index (χ1) is 17.0. The van der Waals surface area contributed by atoms with Gasteiger partial charge >= 0.3 is 0 Å². The van der Waals surface area contributed by atoms with Crippen molar-refractivity contribution in [2.45, 2.75) is 0 Å². The number of Topliss-reactive ketones (excluding diaryl/α,β-unsaturated/α-hetero) is 1. The van der Waals surface area contributed by atoms with Gasteiger partial charge in [-0.3, -0.25) is 29.3 Å². The maximum atomic E-state index is 13.5. The summed E-state index contributed by atoms with van der Waals surface area (Å²) in [5.41, 5.74) is -1.28. The quantitative estimate of drug-likeness (QED) is 0.0936. The van der Waals surface area contributed by atoms with Crippen LogP contribution in [0.15, 0.2) is 54.6 Å². The van der Waals surface area contributed by atoms with Gasteiger partial charge in [0.25, 0.3) is 23.4 Å². The molecule has 0 bridgehead atoms. The molecule has 0 spiro atoms. The van der Waals surface area contributed by atoms with E-state index >= 15 is 0 Å². The van der Waals surface area contributed by atoms with Crippen LogP contribution >= 0.6 is 46.4 Å². The SMILES string of the molecule is O=C(CN(C(=O)c1cccc([N+](=O)[O-])c1)N1C(=O)c2c(Cl)c(Cl)c(Cl)c(Cl)c2C1=O)c1ccccc1. The van der Waals surface area contributed by atoms with Gasteiger partial charge < -0.3 is 0 Å². The topological polar surface area (TPSA) is 118 Å². The fourth-order valence-electron chi connectivity index (χ4n) is 3.54. The van der Waals surface area contributed by atoms with E-state index in [1.165, 1.54) is 24.3 Å². The normalized spacial score (nSPS) is 12.5. The molecular weight excluding hydrogens is 556 g/mol. The number of non-ortho nitro benzene ring substituents is 1. The van der Waals surface area contributed by atoms with Gasteiger partial charge in [-0.1, -0.05) is 82.8 Å². The number of halogens is 4. The van der Waals surface area contributed by atoms with Crippen molar-refractivity contribution in [3.8, 4) is 0 Å². The molecular formula is C23H11Cl4N3O6. The van der Waals surface area contributed by atoms with Gasteiger partial charge in [0.2, 0.25) is 0 Å². The van der Waals surface area contributed by atoms with Gasteiger partial charge in [0.15, 0.2) is 5.78 Å². The van der Waals surface area contributed by atoms with E-state index in [9.17, 15) is 29.3 Å². The van der Waals surface area contributed by atoms with Crippen LogP contribution in [-0.2, 0) is 0 Å². The molecule has 1 aliphatic heterocycles. The highest BCUT2D eigenvalue weighted by atomic mass is 35.5. The number of benzene rings is 3. The van der Waals surface area contributed by atoms with Crippen molar-refractivity contribution < 1.29 is 24.1 Å². The molecule has 1 aliphatic rings. The summed E-state index contributed by atoms with van der Waals surface area (Å²) in [5.74, 6) is -3.83. The van der Waals surface area contributed by atoms with Crippen molar-refractivity contribution in [3.63, 3.8) is 0 Å². The first-order valence-corrected chi connectivity index (χ1v) is 11.4. The number of rotatable bonds is 6. The molecule has 36 heavy (non-hydrogen) atoms. The van der Waals surface area contributed by atoms with Crippen LogP contribution in [0.4, 0.5) is 5.69 Å². The molecule has 9 nitrogen and oxygen atoms in total. The minimum Gasteiger partial charge on any atom is -0.292 e. The van der Waals surface area contributed by atoms with Crippen LogP contribution in [0, 0.1) is 10.1 Å². The lowest BCUT2D eigenvalue weighted by molar-refractivity contribution is -0.384. The van der Waals surface area contributed by atoms with Crippen LogP contribution in [0.5, 0.6) is 0 Å². The number of nitro groups is 1. The summed E-state index contributed by atoms with van der Waals surface area (Å²) in [4.78, 5) is 63.7. The van der Waals surface area contributed by atoms with E-state index in [-0.39, 0.29) is 31.2 Å². The molecule has 0 aliphatic carbocycles. The number of carbonyl (C=O) groups excluding carboxylic acids is 4. The molecule has 3 amide bonds. The Morgan fingerprint density at radius 1 is 0.806 bits per heavy atom. The molecule has 3 aromatic carbocycles. The number of nitro benzene ring substituents is 1. The first kappa shape index (κ1) is 25.6. The summed E-state index contributed by atoms with van der Waals surface area (Å²) in [5, 5.41) is 10.9. The predicted octanol–water partition coefficient (Wildman–Crippen LogP) is 5.74. The molecule has 0 aromatic heterocycles. The van der Waals surface area contributed by atoms with Crippen LogP contribution in [0.1, 0.15) is 41.4 Å². The van der Waals surface area contributed by atoms with Crippen molar-refractivity contribution in [1.82, 2.24) is 10.0 Å². The third kappa shape index (κ3) is 4.31. The molecule has 0 unspecified atom stereocenters. The second kappa shape index (κ2) is 9.87. The van der Waals surface area contributed by atoms with E-state index in [0.29, 0.717) is 10.0 Å². The van der Waals surface area contributed by atoms with Crippen LogP contribution in [-0.4, -0.2) is 45.0 Å². The standard InChI is InChI=1S/C23H11Cl4N3O6/c24-17-15-16(18(25)20(27)19(17)26)23(34)29(22(15)33)28(10-14(31)11-5-2-1-3-6-11)21(32)12-7-4-8-13(9-12)30(35)36/h1-9H,10H2. The lowest BCUT2D eigenvalue weighted by Gasteiger charge is -2.29. The monoisotopic (exact) mass is 565 g/mol. The van der Waals surface area contributed by atoms with Crippen molar-refractivity contribution in [3.05, 3.63) is 107 Å². The Labute approximate surface area is 222 Å². The van der Waals surface area contributed by atoms with Gasteiger partial charge in [0, 0.05) is 23.3 Å². The molecule has 0 radical (unpaired) electrons. The fourth-order valence-corrected chi connectivity index (χ4v) is 4.56. The van der Waals surface area contributed by atoms with E-state index in [0.717, 1.165) is 12.1 Å². The molecule has 0 N–H and O–H groups in total. The average Bonchev–Trinajstić information content (AvgIpc) is 3.14. The lowest BCUT2D eigenvalue weighted by atomic mass is 10.1. The summed E-state index contributed by atoms with van der Waals surface area (Å²) < 4.78 is 0. The van der Waals surface area contributed by atoms with Crippen molar-refractivity contribution in [1.29, 1.82) is 0 Å². The van der Waals surface area contributed by atoms with Gasteiger partial charge in [0.1, 0.15) is 6.54 Å². The van der Waals surface area contributed by atoms with E-state index in [1.807, 2.05) is 0 Å². The minimum absolute atomic E-state index is 0.188. The Morgan fingerprint density at radius 3 is 1.86 bits per heavy atom. The minimum atomic E-state index is -1.08. The van der Waals surface area contributed by atoms with Gasteiger partial charge in [0.05, 0.1) is 36.1 Å². The van der Waals surface area contributed by atoms with Crippen molar-refractivity contribution in [2.24, 2.45) is 0 Å². The Hall–Kier alpha value is -3.50. The van der Waals surface area contributed by atoms with E-state index in [2.05, 4.69) is 0 Å². The Bertz CT molecular complexity index is 1430. The number of hydrazine groups is 1.